The maximum Gasteiger partial charge on any atom is 0.338 e. The van der Waals surface area contributed by atoms with Crippen LogP contribution in [0.4, 0.5) is 10.2 Å². The number of hydrogen-bond acceptors (Lipinski definition) is 5. The molecule has 0 saturated carbocycles. The fourth-order valence-electron chi connectivity index (χ4n) is 2.12. The van der Waals surface area contributed by atoms with Crippen molar-refractivity contribution in [3.8, 4) is 5.75 Å². The molecule has 6 heteroatoms. The van der Waals surface area contributed by atoms with E-state index in [-0.39, 0.29) is 11.4 Å². The molecule has 0 fully saturated rings. The molecule has 0 radical (unpaired) electrons. The van der Waals surface area contributed by atoms with Crippen LogP contribution in [0, 0.1) is 5.82 Å². The van der Waals surface area contributed by atoms with Gasteiger partial charge in [-0.3, -0.25) is 0 Å². The van der Waals surface area contributed by atoms with E-state index in [1.165, 1.54) is 25.3 Å². The van der Waals surface area contributed by atoms with Crippen LogP contribution >= 0.6 is 0 Å². The summed E-state index contributed by atoms with van der Waals surface area (Å²) in [6, 6.07) is 7.22. The summed E-state index contributed by atoms with van der Waals surface area (Å²) in [5, 5.41) is 0. The predicted octanol–water partition coefficient (Wildman–Crippen LogP) is 3.12. The first kappa shape index (κ1) is 15.8. The zero-order chi connectivity index (χ0) is 16.1. The Labute approximate surface area is 127 Å². The summed E-state index contributed by atoms with van der Waals surface area (Å²) >= 11 is 0. The van der Waals surface area contributed by atoms with Crippen LogP contribution in [0.15, 0.2) is 36.5 Å². The number of hydrogen-bond donors (Lipinski definition) is 1. The van der Waals surface area contributed by atoms with Gasteiger partial charge < -0.3 is 15.2 Å². The van der Waals surface area contributed by atoms with E-state index in [2.05, 4.69) is 4.98 Å². The zero-order valence-corrected chi connectivity index (χ0v) is 12.4. The molecule has 0 amide bonds. The van der Waals surface area contributed by atoms with Crippen LogP contribution in [-0.2, 0) is 4.74 Å². The Balaban J connectivity index is 2.40. The third-order valence-corrected chi connectivity index (χ3v) is 3.21. The standard InChI is InChI=1S/C16H17FN2O3/c1-3-13(22-14-5-4-8-19-15(14)18)12-9-10(17)6-7-11(12)16(20)21-2/h4-9,13H,3H2,1-2H3,(H2,18,19)/t13-/m1/s1. The number of nitrogen functional groups attached to an aromatic ring is 1. The second-order valence-corrected chi connectivity index (χ2v) is 4.62. The molecule has 22 heavy (non-hydrogen) atoms. The van der Waals surface area contributed by atoms with Gasteiger partial charge >= 0.3 is 5.97 Å². The van der Waals surface area contributed by atoms with Crippen LogP contribution in [0.2, 0.25) is 0 Å². The van der Waals surface area contributed by atoms with Gasteiger partial charge in [-0.15, -0.1) is 0 Å². The van der Waals surface area contributed by atoms with E-state index in [0.717, 1.165) is 0 Å². The lowest BCUT2D eigenvalue weighted by Gasteiger charge is -2.20. The van der Waals surface area contributed by atoms with Gasteiger partial charge in [0.25, 0.3) is 0 Å². The molecule has 116 valence electrons. The van der Waals surface area contributed by atoms with E-state index >= 15 is 0 Å². The lowest BCUT2D eigenvalue weighted by Crippen LogP contribution is -2.14. The first-order chi connectivity index (χ1) is 10.6. The minimum atomic E-state index is -0.545. The zero-order valence-electron chi connectivity index (χ0n) is 12.4. The van der Waals surface area contributed by atoms with Crippen molar-refractivity contribution in [2.75, 3.05) is 12.8 Å². The summed E-state index contributed by atoms with van der Waals surface area (Å²) in [4.78, 5) is 15.8. The van der Waals surface area contributed by atoms with Crippen molar-refractivity contribution < 1.29 is 18.7 Å². The lowest BCUT2D eigenvalue weighted by atomic mass is 10.00. The summed E-state index contributed by atoms with van der Waals surface area (Å²) in [7, 11) is 1.27. The van der Waals surface area contributed by atoms with Gasteiger partial charge in [-0.2, -0.15) is 0 Å². The van der Waals surface area contributed by atoms with E-state index < -0.39 is 17.9 Å². The molecule has 0 spiro atoms. The predicted molar refractivity (Wildman–Crippen MR) is 80.0 cm³/mol. The van der Waals surface area contributed by atoms with Gasteiger partial charge in [0.1, 0.15) is 11.9 Å². The minimum absolute atomic E-state index is 0.233. The molecule has 0 unspecified atom stereocenters. The summed E-state index contributed by atoms with van der Waals surface area (Å²) in [6.45, 7) is 1.86. The SMILES string of the molecule is CC[C@@H](Oc1cccnc1N)c1cc(F)ccc1C(=O)OC. The topological polar surface area (TPSA) is 74.4 Å². The Hall–Kier alpha value is -2.63. The van der Waals surface area contributed by atoms with Gasteiger partial charge in [0, 0.05) is 11.8 Å². The normalized spacial score (nSPS) is 11.8. The first-order valence-corrected chi connectivity index (χ1v) is 6.81. The van der Waals surface area contributed by atoms with E-state index in [4.69, 9.17) is 15.2 Å². The highest BCUT2D eigenvalue weighted by Crippen LogP contribution is 2.30. The summed E-state index contributed by atoms with van der Waals surface area (Å²) in [5.74, 6) is -0.383. The van der Waals surface area contributed by atoms with Gasteiger partial charge in [-0.1, -0.05) is 6.92 Å². The molecule has 0 saturated heterocycles. The number of aromatic nitrogens is 1. The van der Waals surface area contributed by atoms with Crippen LogP contribution in [-0.4, -0.2) is 18.1 Å². The number of halogens is 1. The number of carbonyl (C=O) groups is 1. The van der Waals surface area contributed by atoms with E-state index in [0.29, 0.717) is 17.7 Å². The summed E-state index contributed by atoms with van der Waals surface area (Å²) in [6.07, 6.45) is 1.52. The third-order valence-electron chi connectivity index (χ3n) is 3.21. The Morgan fingerprint density at radius 3 is 2.82 bits per heavy atom. The van der Waals surface area contributed by atoms with E-state index in [9.17, 15) is 9.18 Å². The van der Waals surface area contributed by atoms with Crippen LogP contribution in [0.5, 0.6) is 5.75 Å². The lowest BCUT2D eigenvalue weighted by molar-refractivity contribution is 0.0594. The molecular formula is C16H17FN2O3. The highest BCUT2D eigenvalue weighted by Gasteiger charge is 2.21. The van der Waals surface area contributed by atoms with Crippen molar-refractivity contribution in [1.82, 2.24) is 4.98 Å². The second kappa shape index (κ2) is 6.89. The number of pyridine rings is 1. The monoisotopic (exact) mass is 304 g/mol. The number of esters is 1. The highest BCUT2D eigenvalue weighted by molar-refractivity contribution is 5.91. The Morgan fingerprint density at radius 1 is 1.41 bits per heavy atom. The molecule has 0 aliphatic carbocycles. The van der Waals surface area contributed by atoms with Crippen molar-refractivity contribution >= 4 is 11.8 Å². The van der Waals surface area contributed by atoms with Crippen molar-refractivity contribution in [2.24, 2.45) is 0 Å². The molecule has 2 rings (SSSR count). The minimum Gasteiger partial charge on any atom is -0.482 e. The summed E-state index contributed by atoms with van der Waals surface area (Å²) < 4.78 is 24.1. The fraction of sp³-hybridized carbons (Fsp3) is 0.250. The molecule has 1 aromatic carbocycles. The molecule has 1 aromatic heterocycles. The summed E-state index contributed by atoms with van der Waals surface area (Å²) in [5.41, 5.74) is 6.43. The first-order valence-electron chi connectivity index (χ1n) is 6.81. The van der Waals surface area contributed by atoms with Gasteiger partial charge in [0.15, 0.2) is 11.6 Å². The number of carbonyl (C=O) groups excluding carboxylic acids is 1. The fourth-order valence-corrected chi connectivity index (χ4v) is 2.12. The molecular weight excluding hydrogens is 287 g/mol. The number of nitrogens with two attached hydrogens (primary N) is 1. The molecule has 1 atom stereocenters. The average molecular weight is 304 g/mol. The van der Waals surface area contributed by atoms with E-state index in [1.54, 1.807) is 18.3 Å². The van der Waals surface area contributed by atoms with E-state index in [1.807, 2.05) is 6.92 Å². The molecule has 0 aliphatic rings. The molecule has 1 heterocycles. The molecule has 5 nitrogen and oxygen atoms in total. The Morgan fingerprint density at radius 2 is 2.18 bits per heavy atom. The smallest absolute Gasteiger partial charge is 0.338 e. The van der Waals surface area contributed by atoms with Crippen molar-refractivity contribution in [1.29, 1.82) is 0 Å². The maximum atomic E-state index is 13.6. The quantitative estimate of drug-likeness (QED) is 0.859. The highest BCUT2D eigenvalue weighted by atomic mass is 19.1. The Bertz CT molecular complexity index is 676. The van der Waals surface area contributed by atoms with Crippen LogP contribution in [0.25, 0.3) is 0 Å². The van der Waals surface area contributed by atoms with Gasteiger partial charge in [0.05, 0.1) is 12.7 Å². The van der Waals surface area contributed by atoms with Crippen molar-refractivity contribution in [3.63, 3.8) is 0 Å². The van der Waals surface area contributed by atoms with Crippen molar-refractivity contribution in [3.05, 3.63) is 53.5 Å². The van der Waals surface area contributed by atoms with Gasteiger partial charge in [0.2, 0.25) is 0 Å². The maximum absolute atomic E-state index is 13.6. The van der Waals surface area contributed by atoms with Crippen LogP contribution in [0.3, 0.4) is 0 Å². The largest absolute Gasteiger partial charge is 0.482 e. The third kappa shape index (κ3) is 3.33. The number of benzene rings is 1. The van der Waals surface area contributed by atoms with Crippen LogP contribution < -0.4 is 10.5 Å². The number of anilines is 1. The van der Waals surface area contributed by atoms with Gasteiger partial charge in [-0.25, -0.2) is 14.2 Å². The Kier molecular flexibility index (Phi) is 4.93. The number of nitrogens with zero attached hydrogens (tertiary/aromatic N) is 1. The molecule has 0 aliphatic heterocycles. The molecule has 2 N–H and O–H groups in total. The average Bonchev–Trinajstić information content (AvgIpc) is 2.53. The van der Waals surface area contributed by atoms with Gasteiger partial charge in [-0.05, 0) is 36.8 Å². The van der Waals surface area contributed by atoms with Crippen LogP contribution in [0.1, 0.15) is 35.4 Å². The number of methoxy groups -OCH3 is 1. The second-order valence-electron chi connectivity index (χ2n) is 4.62. The van der Waals surface area contributed by atoms with Crippen molar-refractivity contribution in [2.45, 2.75) is 19.4 Å². The molecule has 2 aromatic rings. The number of rotatable bonds is 5. The number of ether oxygens (including phenoxy) is 2. The molecule has 0 bridgehead atoms.